The number of nitrogens with zero attached hydrogens (tertiary/aromatic N) is 1. The highest BCUT2D eigenvalue weighted by atomic mass is 16.5. The van der Waals surface area contributed by atoms with Gasteiger partial charge in [-0.05, 0) is 29.8 Å². The molecule has 1 atom stereocenters. The number of amides is 1. The number of carbonyl (C=O) groups is 1. The van der Waals surface area contributed by atoms with E-state index in [-0.39, 0.29) is 18.6 Å². The van der Waals surface area contributed by atoms with Gasteiger partial charge in [0.2, 0.25) is 0 Å². The Kier molecular flexibility index (Phi) is 5.33. The van der Waals surface area contributed by atoms with Crippen LogP contribution in [0.2, 0.25) is 0 Å². The summed E-state index contributed by atoms with van der Waals surface area (Å²) in [5, 5.41) is 7.49. The minimum atomic E-state index is -0.198. The fourth-order valence-corrected chi connectivity index (χ4v) is 3.16. The summed E-state index contributed by atoms with van der Waals surface area (Å²) < 4.78 is 6.15. The fourth-order valence-electron chi connectivity index (χ4n) is 3.16. The molecule has 4 rings (SSSR count). The molecule has 2 N–H and O–H groups in total. The molecule has 1 aliphatic rings. The molecule has 1 aliphatic heterocycles. The maximum Gasteiger partial charge on any atom is 0.259 e. The lowest BCUT2D eigenvalue weighted by Gasteiger charge is -2.27. The van der Waals surface area contributed by atoms with Gasteiger partial charge in [-0.2, -0.15) is 5.10 Å². The van der Waals surface area contributed by atoms with Crippen molar-refractivity contribution in [2.24, 2.45) is 5.10 Å². The molecule has 3 aromatic rings. The van der Waals surface area contributed by atoms with Crippen LogP contribution in [0.1, 0.15) is 23.7 Å². The predicted molar refractivity (Wildman–Crippen MR) is 110 cm³/mol. The topological polar surface area (TPSA) is 62.7 Å². The van der Waals surface area contributed by atoms with Crippen molar-refractivity contribution in [3.8, 4) is 5.75 Å². The first-order valence-electron chi connectivity index (χ1n) is 9.25. The molecule has 1 heterocycles. The molecule has 5 nitrogen and oxygen atoms in total. The zero-order valence-electron chi connectivity index (χ0n) is 15.3. The lowest BCUT2D eigenvalue weighted by Crippen LogP contribution is -2.29. The van der Waals surface area contributed by atoms with Gasteiger partial charge in [-0.1, -0.05) is 60.7 Å². The number of hydrazone groups is 1. The monoisotopic (exact) mass is 371 g/mol. The molecule has 1 amide bonds. The molecule has 5 heteroatoms. The number of rotatable bonds is 5. The Labute approximate surface area is 164 Å². The number of fused-ring (bicyclic) bond motifs is 1. The highest BCUT2D eigenvalue weighted by Gasteiger charge is 2.26. The highest BCUT2D eigenvalue weighted by Crippen LogP contribution is 2.34. The van der Waals surface area contributed by atoms with Crippen LogP contribution in [-0.2, 0) is 4.79 Å². The van der Waals surface area contributed by atoms with E-state index in [9.17, 15) is 4.79 Å². The predicted octanol–water partition coefficient (Wildman–Crippen LogP) is 4.14. The third-order valence-corrected chi connectivity index (χ3v) is 4.56. The van der Waals surface area contributed by atoms with E-state index < -0.39 is 0 Å². The van der Waals surface area contributed by atoms with Crippen LogP contribution in [0, 0.1) is 0 Å². The maximum absolute atomic E-state index is 12.2. The highest BCUT2D eigenvalue weighted by molar-refractivity contribution is 6.04. The minimum absolute atomic E-state index is 0.130. The van der Waals surface area contributed by atoms with Crippen LogP contribution in [0.15, 0.2) is 90.0 Å². The molecule has 0 aliphatic carbocycles. The van der Waals surface area contributed by atoms with Gasteiger partial charge in [0, 0.05) is 17.7 Å². The van der Waals surface area contributed by atoms with Gasteiger partial charge in [0.15, 0.2) is 0 Å². The van der Waals surface area contributed by atoms with E-state index in [0.717, 1.165) is 28.3 Å². The van der Waals surface area contributed by atoms with Crippen LogP contribution in [0.5, 0.6) is 5.75 Å². The van der Waals surface area contributed by atoms with Crippen molar-refractivity contribution in [3.63, 3.8) is 0 Å². The smallest absolute Gasteiger partial charge is 0.259 e. The second-order valence-corrected chi connectivity index (χ2v) is 6.53. The Bertz CT molecular complexity index is 971. The van der Waals surface area contributed by atoms with Crippen molar-refractivity contribution in [2.75, 3.05) is 11.9 Å². The third-order valence-electron chi connectivity index (χ3n) is 4.56. The van der Waals surface area contributed by atoms with Crippen LogP contribution < -0.4 is 15.5 Å². The molecule has 0 bridgehead atoms. The van der Waals surface area contributed by atoms with Crippen LogP contribution in [0.3, 0.4) is 0 Å². The van der Waals surface area contributed by atoms with Gasteiger partial charge < -0.3 is 10.1 Å². The first kappa shape index (κ1) is 17.8. The second-order valence-electron chi connectivity index (χ2n) is 6.53. The van der Waals surface area contributed by atoms with Crippen LogP contribution in [0.4, 0.5) is 5.69 Å². The standard InChI is InChI=1S/C23H21N3O2/c27-23(16-24-18-11-5-2-6-12-18)26-25-20-15-22(17-9-3-1-4-10-17)28-21-14-8-7-13-19(20)21/h1-14,22,24H,15-16H2,(H,26,27)/b25-20-/t22-/m1/s1. The van der Waals surface area contributed by atoms with Gasteiger partial charge in [0.05, 0.1) is 12.3 Å². The summed E-state index contributed by atoms with van der Waals surface area (Å²) in [5.41, 5.74) is 6.36. The maximum atomic E-state index is 12.2. The number of anilines is 1. The Balaban J connectivity index is 1.48. The van der Waals surface area contributed by atoms with E-state index in [2.05, 4.69) is 15.8 Å². The largest absolute Gasteiger partial charge is 0.485 e. The summed E-state index contributed by atoms with van der Waals surface area (Å²) in [6, 6.07) is 27.4. The van der Waals surface area contributed by atoms with Crippen LogP contribution in [0.25, 0.3) is 0 Å². The SMILES string of the molecule is O=C(CNc1ccccc1)N/N=C1/C[C@H](c2ccccc2)Oc2ccccc21. The van der Waals surface area contributed by atoms with Crippen molar-refractivity contribution in [2.45, 2.75) is 12.5 Å². The molecule has 0 saturated heterocycles. The van der Waals surface area contributed by atoms with E-state index in [4.69, 9.17) is 4.74 Å². The summed E-state index contributed by atoms with van der Waals surface area (Å²) in [4.78, 5) is 12.2. The van der Waals surface area contributed by atoms with Gasteiger partial charge in [-0.3, -0.25) is 4.79 Å². The number of hydrogen-bond donors (Lipinski definition) is 2. The van der Waals surface area contributed by atoms with E-state index in [1.54, 1.807) is 0 Å². The van der Waals surface area contributed by atoms with Crippen molar-refractivity contribution in [1.29, 1.82) is 0 Å². The minimum Gasteiger partial charge on any atom is -0.485 e. The van der Waals surface area contributed by atoms with Crippen molar-refractivity contribution >= 4 is 17.3 Å². The average Bonchev–Trinajstić information content (AvgIpc) is 2.77. The number of ether oxygens (including phenoxy) is 1. The fraction of sp³-hybridized carbons (Fsp3) is 0.130. The molecule has 0 unspecified atom stereocenters. The lowest BCUT2D eigenvalue weighted by atomic mass is 9.96. The van der Waals surface area contributed by atoms with Gasteiger partial charge >= 0.3 is 0 Å². The molecule has 140 valence electrons. The summed E-state index contributed by atoms with van der Waals surface area (Å²) in [5.74, 6) is 0.578. The zero-order valence-corrected chi connectivity index (χ0v) is 15.3. The molecule has 0 aromatic heterocycles. The van der Waals surface area contributed by atoms with Crippen molar-refractivity contribution in [3.05, 3.63) is 96.1 Å². The number of para-hydroxylation sites is 2. The van der Waals surface area contributed by atoms with E-state index in [0.29, 0.717) is 6.42 Å². The summed E-state index contributed by atoms with van der Waals surface area (Å²) in [6.07, 6.45) is 0.460. The molecule has 0 fully saturated rings. The van der Waals surface area contributed by atoms with Crippen LogP contribution >= 0.6 is 0 Å². The summed E-state index contributed by atoms with van der Waals surface area (Å²) in [7, 11) is 0. The molecule has 0 saturated carbocycles. The molecule has 28 heavy (non-hydrogen) atoms. The quantitative estimate of drug-likeness (QED) is 0.663. The molecular formula is C23H21N3O2. The first-order valence-corrected chi connectivity index (χ1v) is 9.25. The third kappa shape index (κ3) is 4.20. The number of nitrogens with one attached hydrogen (secondary N) is 2. The first-order chi connectivity index (χ1) is 13.8. The van der Waals surface area contributed by atoms with E-state index >= 15 is 0 Å². The summed E-state index contributed by atoms with van der Waals surface area (Å²) in [6.45, 7) is 0.154. The second kappa shape index (κ2) is 8.39. The van der Waals surface area contributed by atoms with Crippen molar-refractivity contribution < 1.29 is 9.53 Å². The number of carbonyl (C=O) groups excluding carboxylic acids is 1. The van der Waals surface area contributed by atoms with Gasteiger partial charge in [0.25, 0.3) is 5.91 Å². The molecule has 0 spiro atoms. The van der Waals surface area contributed by atoms with Gasteiger partial charge in [0.1, 0.15) is 11.9 Å². The van der Waals surface area contributed by atoms with E-state index in [1.165, 1.54) is 0 Å². The Hall–Kier alpha value is -3.60. The number of hydrogen-bond acceptors (Lipinski definition) is 4. The summed E-state index contributed by atoms with van der Waals surface area (Å²) >= 11 is 0. The van der Waals surface area contributed by atoms with Crippen LogP contribution in [-0.4, -0.2) is 18.2 Å². The lowest BCUT2D eigenvalue weighted by molar-refractivity contribution is -0.119. The van der Waals surface area contributed by atoms with Crippen molar-refractivity contribution in [1.82, 2.24) is 5.43 Å². The average molecular weight is 371 g/mol. The van der Waals surface area contributed by atoms with Gasteiger partial charge in [-0.15, -0.1) is 0 Å². The Morgan fingerprint density at radius 1 is 0.929 bits per heavy atom. The molecule has 0 radical (unpaired) electrons. The zero-order chi connectivity index (χ0) is 19.2. The Morgan fingerprint density at radius 2 is 1.61 bits per heavy atom. The van der Waals surface area contributed by atoms with E-state index in [1.807, 2.05) is 84.9 Å². The normalized spacial score (nSPS) is 16.7. The van der Waals surface area contributed by atoms with Gasteiger partial charge in [-0.25, -0.2) is 5.43 Å². The molecular weight excluding hydrogens is 350 g/mol. The number of benzene rings is 3. The molecule has 3 aromatic carbocycles. The Morgan fingerprint density at radius 3 is 2.39 bits per heavy atom.